The Kier molecular flexibility index (Phi) is 1.99. The molecular weight excluding hydrogens is 198 g/mol. The minimum absolute atomic E-state index is 0.563. The maximum absolute atomic E-state index is 4.31. The number of fused-ring (bicyclic) bond motifs is 3. The fraction of sp³-hybridized carbons (Fsp3) is 0.308. The molecule has 0 saturated carbocycles. The summed E-state index contributed by atoms with van der Waals surface area (Å²) >= 11 is 0. The van der Waals surface area contributed by atoms with E-state index in [0.717, 1.165) is 12.2 Å². The van der Waals surface area contributed by atoms with Crippen LogP contribution in [-0.4, -0.2) is 17.2 Å². The highest BCUT2D eigenvalue weighted by atomic mass is 15.2. The fourth-order valence-electron chi connectivity index (χ4n) is 2.56. The highest BCUT2D eigenvalue weighted by molar-refractivity contribution is 5.74. The van der Waals surface area contributed by atoms with Gasteiger partial charge in [0.25, 0.3) is 0 Å². The van der Waals surface area contributed by atoms with Gasteiger partial charge in [-0.15, -0.1) is 0 Å². The average molecular weight is 213 g/mol. The normalized spacial score (nSPS) is 17.8. The van der Waals surface area contributed by atoms with Crippen molar-refractivity contribution in [2.45, 2.75) is 19.3 Å². The summed E-state index contributed by atoms with van der Waals surface area (Å²) in [6.45, 7) is 2.27. The Bertz CT molecular complexity index is 528. The zero-order valence-electron chi connectivity index (χ0n) is 9.54. The van der Waals surface area contributed by atoms with E-state index in [2.05, 4.69) is 46.7 Å². The number of H-pyrrole nitrogens is 1. The van der Waals surface area contributed by atoms with Crippen LogP contribution in [0, 0.1) is 0 Å². The van der Waals surface area contributed by atoms with Gasteiger partial charge in [0.2, 0.25) is 0 Å². The Morgan fingerprint density at radius 2 is 2.19 bits per heavy atom. The van der Waals surface area contributed by atoms with Crippen molar-refractivity contribution in [3.63, 3.8) is 0 Å². The van der Waals surface area contributed by atoms with Crippen LogP contribution in [0.5, 0.6) is 0 Å². The van der Waals surface area contributed by atoms with Gasteiger partial charge in [0, 0.05) is 18.2 Å². The lowest BCUT2D eigenvalue weighted by Gasteiger charge is -2.22. The maximum Gasteiger partial charge on any atom is 0.151 e. The molecule has 0 spiro atoms. The number of aromatic amines is 1. The fourth-order valence-corrected chi connectivity index (χ4v) is 2.56. The SMILES string of the molecule is CNc1n[nH]c2c1CC(C)c1ccccc1-2. The smallest absolute Gasteiger partial charge is 0.151 e. The molecule has 0 bridgehead atoms. The number of anilines is 1. The van der Waals surface area contributed by atoms with Crippen molar-refractivity contribution < 1.29 is 0 Å². The third-order valence-electron chi connectivity index (χ3n) is 3.38. The third kappa shape index (κ3) is 1.18. The van der Waals surface area contributed by atoms with E-state index in [-0.39, 0.29) is 0 Å². The topological polar surface area (TPSA) is 40.7 Å². The van der Waals surface area contributed by atoms with Gasteiger partial charge in [-0.2, -0.15) is 5.10 Å². The van der Waals surface area contributed by atoms with Crippen LogP contribution in [0.3, 0.4) is 0 Å². The van der Waals surface area contributed by atoms with Crippen LogP contribution in [0.15, 0.2) is 24.3 Å². The van der Waals surface area contributed by atoms with E-state index >= 15 is 0 Å². The van der Waals surface area contributed by atoms with Gasteiger partial charge < -0.3 is 5.32 Å². The van der Waals surface area contributed by atoms with Gasteiger partial charge in [-0.1, -0.05) is 31.2 Å². The molecule has 0 fully saturated rings. The molecule has 16 heavy (non-hydrogen) atoms. The average Bonchev–Trinajstić information content (AvgIpc) is 2.72. The lowest BCUT2D eigenvalue weighted by atomic mass is 9.83. The lowest BCUT2D eigenvalue weighted by molar-refractivity contribution is 0.750. The molecule has 1 aliphatic rings. The first-order valence-electron chi connectivity index (χ1n) is 5.65. The summed E-state index contributed by atoms with van der Waals surface area (Å²) in [7, 11) is 1.92. The van der Waals surface area contributed by atoms with E-state index in [4.69, 9.17) is 0 Å². The summed E-state index contributed by atoms with van der Waals surface area (Å²) in [6, 6.07) is 8.57. The quantitative estimate of drug-likeness (QED) is 0.764. The summed E-state index contributed by atoms with van der Waals surface area (Å²) in [4.78, 5) is 0. The summed E-state index contributed by atoms with van der Waals surface area (Å²) in [6.07, 6.45) is 1.05. The van der Waals surface area contributed by atoms with Gasteiger partial charge in [0.15, 0.2) is 5.82 Å². The summed E-state index contributed by atoms with van der Waals surface area (Å²) in [5.74, 6) is 1.55. The van der Waals surface area contributed by atoms with Crippen molar-refractivity contribution in [2.75, 3.05) is 12.4 Å². The van der Waals surface area contributed by atoms with Crippen molar-refractivity contribution in [2.24, 2.45) is 0 Å². The van der Waals surface area contributed by atoms with Crippen molar-refractivity contribution in [1.29, 1.82) is 0 Å². The van der Waals surface area contributed by atoms with Crippen LogP contribution in [0.4, 0.5) is 5.82 Å². The molecule has 3 nitrogen and oxygen atoms in total. The van der Waals surface area contributed by atoms with E-state index in [1.807, 2.05) is 7.05 Å². The maximum atomic E-state index is 4.31. The van der Waals surface area contributed by atoms with Gasteiger partial charge in [0.1, 0.15) is 0 Å². The van der Waals surface area contributed by atoms with Gasteiger partial charge in [-0.3, -0.25) is 5.10 Å². The molecule has 1 heterocycles. The van der Waals surface area contributed by atoms with E-state index in [1.165, 1.54) is 22.4 Å². The highest BCUT2D eigenvalue weighted by Gasteiger charge is 2.25. The molecule has 3 heteroatoms. The molecule has 0 aliphatic heterocycles. The Balaban J connectivity index is 2.24. The Morgan fingerprint density at radius 1 is 1.38 bits per heavy atom. The molecule has 82 valence electrons. The number of benzene rings is 1. The van der Waals surface area contributed by atoms with E-state index in [1.54, 1.807) is 0 Å². The van der Waals surface area contributed by atoms with E-state index < -0.39 is 0 Å². The van der Waals surface area contributed by atoms with Crippen LogP contribution in [-0.2, 0) is 6.42 Å². The van der Waals surface area contributed by atoms with Gasteiger partial charge in [-0.05, 0) is 17.9 Å². The first kappa shape index (κ1) is 9.46. The molecular formula is C13H15N3. The molecule has 1 aliphatic carbocycles. The first-order chi connectivity index (χ1) is 7.81. The monoisotopic (exact) mass is 213 g/mol. The molecule has 1 unspecified atom stereocenters. The van der Waals surface area contributed by atoms with E-state index in [9.17, 15) is 0 Å². The van der Waals surface area contributed by atoms with Crippen molar-refractivity contribution in [1.82, 2.24) is 10.2 Å². The van der Waals surface area contributed by atoms with Gasteiger partial charge >= 0.3 is 0 Å². The largest absolute Gasteiger partial charge is 0.371 e. The van der Waals surface area contributed by atoms with Crippen LogP contribution < -0.4 is 5.32 Å². The molecule has 0 saturated heterocycles. The minimum atomic E-state index is 0.563. The molecule has 2 aromatic rings. The molecule has 0 amide bonds. The molecule has 3 rings (SSSR count). The van der Waals surface area contributed by atoms with Crippen molar-refractivity contribution in [3.8, 4) is 11.3 Å². The van der Waals surface area contributed by atoms with Gasteiger partial charge in [-0.25, -0.2) is 0 Å². The predicted molar refractivity (Wildman–Crippen MR) is 65.7 cm³/mol. The number of hydrogen-bond acceptors (Lipinski definition) is 2. The van der Waals surface area contributed by atoms with E-state index in [0.29, 0.717) is 5.92 Å². The number of nitrogens with one attached hydrogen (secondary N) is 2. The Labute approximate surface area is 94.9 Å². The van der Waals surface area contributed by atoms with Crippen LogP contribution in [0.1, 0.15) is 24.0 Å². The summed E-state index contributed by atoms with van der Waals surface area (Å²) in [5, 5.41) is 10.6. The molecule has 1 aromatic heterocycles. The number of aromatic nitrogens is 2. The van der Waals surface area contributed by atoms with Crippen LogP contribution in [0.2, 0.25) is 0 Å². The minimum Gasteiger partial charge on any atom is -0.371 e. The second kappa shape index (κ2) is 3.37. The van der Waals surface area contributed by atoms with Gasteiger partial charge in [0.05, 0.1) is 5.69 Å². The number of nitrogens with zero attached hydrogens (tertiary/aromatic N) is 1. The molecule has 1 aromatic carbocycles. The Morgan fingerprint density at radius 3 is 3.00 bits per heavy atom. The molecule has 2 N–H and O–H groups in total. The predicted octanol–water partition coefficient (Wildman–Crippen LogP) is 2.78. The summed E-state index contributed by atoms with van der Waals surface area (Å²) in [5.41, 5.74) is 5.21. The third-order valence-corrected chi connectivity index (χ3v) is 3.38. The molecule has 0 radical (unpaired) electrons. The second-order valence-corrected chi connectivity index (χ2v) is 4.37. The first-order valence-corrected chi connectivity index (χ1v) is 5.65. The standard InChI is InChI=1S/C13H15N3/c1-8-7-11-12(15-16-13(11)14-2)10-6-4-3-5-9(8)10/h3-6,8H,7H2,1-2H3,(H2,14,15,16). The zero-order chi connectivity index (χ0) is 11.1. The van der Waals surface area contributed by atoms with Crippen molar-refractivity contribution in [3.05, 3.63) is 35.4 Å². The second-order valence-electron chi connectivity index (χ2n) is 4.37. The zero-order valence-corrected chi connectivity index (χ0v) is 9.54. The summed E-state index contributed by atoms with van der Waals surface area (Å²) < 4.78 is 0. The number of rotatable bonds is 1. The van der Waals surface area contributed by atoms with Crippen LogP contribution in [0.25, 0.3) is 11.3 Å². The number of hydrogen-bond donors (Lipinski definition) is 2. The molecule has 1 atom stereocenters. The van der Waals surface area contributed by atoms with Crippen LogP contribution >= 0.6 is 0 Å². The lowest BCUT2D eigenvalue weighted by Crippen LogP contribution is -2.08. The van der Waals surface area contributed by atoms with Crippen molar-refractivity contribution >= 4 is 5.82 Å². The Hall–Kier alpha value is -1.77. The highest BCUT2D eigenvalue weighted by Crippen LogP contribution is 2.40.